The lowest BCUT2D eigenvalue weighted by molar-refractivity contribution is -0.137. The number of rotatable bonds is 13. The van der Waals surface area contributed by atoms with Crippen LogP contribution in [0.15, 0.2) is 36.5 Å². The van der Waals surface area contributed by atoms with Crippen LogP contribution in [0.25, 0.3) is 0 Å². The van der Waals surface area contributed by atoms with E-state index >= 15 is 0 Å². The minimum Gasteiger partial charge on any atom is -0.481 e. The molecule has 20 heavy (non-hydrogen) atoms. The van der Waals surface area contributed by atoms with Crippen LogP contribution in [0.2, 0.25) is 0 Å². The summed E-state index contributed by atoms with van der Waals surface area (Å²) in [6.45, 7) is 2.16. The second kappa shape index (κ2) is 15.7. The molecule has 0 bridgehead atoms. The monoisotopic (exact) mass is 278 g/mol. The highest BCUT2D eigenvalue weighted by molar-refractivity contribution is 5.66. The van der Waals surface area contributed by atoms with Gasteiger partial charge in [0.15, 0.2) is 0 Å². The van der Waals surface area contributed by atoms with Crippen molar-refractivity contribution in [3.8, 4) is 0 Å². The first kappa shape index (κ1) is 18.7. The van der Waals surface area contributed by atoms with Crippen molar-refractivity contribution in [1.29, 1.82) is 0 Å². The number of allylic oxidation sites excluding steroid dienone is 6. The van der Waals surface area contributed by atoms with E-state index in [1.807, 2.05) is 0 Å². The Labute approximate surface area is 124 Å². The molecule has 0 fully saturated rings. The average Bonchev–Trinajstić information content (AvgIpc) is 2.43. The fourth-order valence-corrected chi connectivity index (χ4v) is 1.86. The van der Waals surface area contributed by atoms with Crippen molar-refractivity contribution in [2.45, 2.75) is 71.1 Å². The van der Waals surface area contributed by atoms with Gasteiger partial charge >= 0.3 is 5.97 Å². The number of carboxylic acids is 1. The molecule has 0 aromatic rings. The molecule has 0 rings (SSSR count). The van der Waals surface area contributed by atoms with Crippen LogP contribution in [-0.4, -0.2) is 11.1 Å². The van der Waals surface area contributed by atoms with Gasteiger partial charge in [-0.25, -0.2) is 0 Å². The molecule has 0 aliphatic carbocycles. The Bertz CT molecular complexity index is 301. The Hall–Kier alpha value is -1.31. The molecule has 0 unspecified atom stereocenters. The third-order valence-electron chi connectivity index (χ3n) is 3.00. The van der Waals surface area contributed by atoms with E-state index in [1.54, 1.807) is 0 Å². The Kier molecular flexibility index (Phi) is 14.7. The van der Waals surface area contributed by atoms with Crippen LogP contribution in [0.1, 0.15) is 71.1 Å². The van der Waals surface area contributed by atoms with Crippen molar-refractivity contribution >= 4 is 5.97 Å². The lowest BCUT2D eigenvalue weighted by Gasteiger charge is -1.95. The smallest absolute Gasteiger partial charge is 0.303 e. The van der Waals surface area contributed by atoms with Gasteiger partial charge in [-0.1, -0.05) is 49.8 Å². The van der Waals surface area contributed by atoms with E-state index in [-0.39, 0.29) is 0 Å². The van der Waals surface area contributed by atoms with Crippen LogP contribution in [0.3, 0.4) is 0 Å². The van der Waals surface area contributed by atoms with Crippen LogP contribution in [-0.2, 0) is 4.79 Å². The van der Waals surface area contributed by atoms with Gasteiger partial charge in [-0.15, -0.1) is 0 Å². The number of hydrogen-bond acceptors (Lipinski definition) is 1. The van der Waals surface area contributed by atoms with E-state index in [0.29, 0.717) is 6.42 Å². The summed E-state index contributed by atoms with van der Waals surface area (Å²) in [7, 11) is 0. The molecule has 0 spiro atoms. The van der Waals surface area contributed by atoms with Gasteiger partial charge in [-0.3, -0.25) is 4.79 Å². The molecule has 0 radical (unpaired) electrons. The quantitative estimate of drug-likeness (QED) is 0.348. The van der Waals surface area contributed by atoms with E-state index < -0.39 is 5.97 Å². The number of carbonyl (C=O) groups is 1. The van der Waals surface area contributed by atoms with Gasteiger partial charge in [0.2, 0.25) is 0 Å². The fraction of sp³-hybridized carbons (Fsp3) is 0.611. The summed E-state index contributed by atoms with van der Waals surface area (Å²) in [5.41, 5.74) is 0. The minimum atomic E-state index is -0.683. The Morgan fingerprint density at radius 3 is 1.75 bits per heavy atom. The van der Waals surface area contributed by atoms with Crippen LogP contribution in [0.5, 0.6) is 0 Å². The minimum absolute atomic E-state index is 0.307. The summed E-state index contributed by atoms with van der Waals surface area (Å²) in [5, 5.41) is 8.49. The zero-order valence-electron chi connectivity index (χ0n) is 12.9. The van der Waals surface area contributed by atoms with Crippen molar-refractivity contribution in [3.63, 3.8) is 0 Å². The van der Waals surface area contributed by atoms with Crippen LogP contribution in [0.4, 0.5) is 0 Å². The van der Waals surface area contributed by atoms with Gasteiger partial charge in [0.05, 0.1) is 0 Å². The maximum Gasteiger partial charge on any atom is 0.303 e. The Morgan fingerprint density at radius 2 is 1.25 bits per heavy atom. The highest BCUT2D eigenvalue weighted by Crippen LogP contribution is 2.05. The van der Waals surface area contributed by atoms with Crippen molar-refractivity contribution in [2.24, 2.45) is 0 Å². The molecule has 0 amide bonds. The van der Waals surface area contributed by atoms with Gasteiger partial charge in [-0.2, -0.15) is 0 Å². The van der Waals surface area contributed by atoms with Gasteiger partial charge < -0.3 is 5.11 Å². The van der Waals surface area contributed by atoms with Crippen molar-refractivity contribution in [2.75, 3.05) is 0 Å². The molecule has 0 aliphatic heterocycles. The SMILES string of the molecule is CCC=CCCC=CCCC=CCCCCCC(=O)O. The molecular weight excluding hydrogens is 248 g/mol. The number of unbranched alkanes of at least 4 members (excludes halogenated alkanes) is 5. The third kappa shape index (κ3) is 16.7. The first-order chi connectivity index (χ1) is 9.77. The van der Waals surface area contributed by atoms with Crippen LogP contribution in [0, 0.1) is 0 Å². The van der Waals surface area contributed by atoms with Crippen molar-refractivity contribution in [3.05, 3.63) is 36.5 Å². The average molecular weight is 278 g/mol. The van der Waals surface area contributed by atoms with Gasteiger partial charge in [0.25, 0.3) is 0 Å². The van der Waals surface area contributed by atoms with E-state index in [4.69, 9.17) is 5.11 Å². The van der Waals surface area contributed by atoms with E-state index in [2.05, 4.69) is 43.4 Å². The maximum atomic E-state index is 10.3. The lowest BCUT2D eigenvalue weighted by Crippen LogP contribution is -1.93. The molecule has 0 atom stereocenters. The summed E-state index contributed by atoms with van der Waals surface area (Å²) in [6.07, 6.45) is 23.4. The van der Waals surface area contributed by atoms with Gasteiger partial charge in [0, 0.05) is 6.42 Å². The summed E-state index contributed by atoms with van der Waals surface area (Å²) in [6, 6.07) is 0. The molecule has 1 N–H and O–H groups in total. The molecule has 2 heteroatoms. The topological polar surface area (TPSA) is 37.3 Å². The summed E-state index contributed by atoms with van der Waals surface area (Å²) in [4.78, 5) is 10.3. The number of aliphatic carboxylic acids is 1. The predicted octanol–water partition coefficient (Wildman–Crippen LogP) is 5.66. The molecule has 0 aliphatic rings. The highest BCUT2D eigenvalue weighted by atomic mass is 16.4. The number of carboxylic acid groups (broad SMARTS) is 1. The number of hydrogen-bond donors (Lipinski definition) is 1. The lowest BCUT2D eigenvalue weighted by atomic mass is 10.1. The van der Waals surface area contributed by atoms with Crippen molar-refractivity contribution in [1.82, 2.24) is 0 Å². The van der Waals surface area contributed by atoms with E-state index in [9.17, 15) is 4.79 Å². The predicted molar refractivity (Wildman–Crippen MR) is 86.9 cm³/mol. The van der Waals surface area contributed by atoms with Crippen LogP contribution >= 0.6 is 0 Å². The van der Waals surface area contributed by atoms with E-state index in [1.165, 1.54) is 0 Å². The second-order valence-corrected chi connectivity index (χ2v) is 4.97. The normalized spacial score (nSPS) is 12.1. The summed E-state index contributed by atoms with van der Waals surface area (Å²) >= 11 is 0. The third-order valence-corrected chi connectivity index (χ3v) is 3.00. The summed E-state index contributed by atoms with van der Waals surface area (Å²) in [5.74, 6) is -0.683. The molecule has 0 saturated heterocycles. The molecule has 114 valence electrons. The zero-order chi connectivity index (χ0) is 14.9. The first-order valence-electron chi connectivity index (χ1n) is 7.94. The molecule has 2 nitrogen and oxygen atoms in total. The molecule has 0 aromatic carbocycles. The molecule has 0 aromatic heterocycles. The zero-order valence-corrected chi connectivity index (χ0v) is 12.9. The second-order valence-electron chi connectivity index (χ2n) is 4.97. The highest BCUT2D eigenvalue weighted by Gasteiger charge is 1.94. The Morgan fingerprint density at radius 1 is 0.750 bits per heavy atom. The Balaban J connectivity index is 3.25. The standard InChI is InChI=1S/C18H30O2/c1-2-3-4-5-6-7-8-9-10-11-12-13-14-15-16-17-18(19)20/h3-4,7-8,11-12H,2,5-6,9-10,13-17H2,1H3,(H,19,20). The largest absolute Gasteiger partial charge is 0.481 e. The van der Waals surface area contributed by atoms with Crippen LogP contribution < -0.4 is 0 Å². The van der Waals surface area contributed by atoms with Gasteiger partial charge in [-0.05, 0) is 51.4 Å². The van der Waals surface area contributed by atoms with Gasteiger partial charge in [0.1, 0.15) is 0 Å². The maximum absolute atomic E-state index is 10.3. The van der Waals surface area contributed by atoms with E-state index in [0.717, 1.165) is 57.8 Å². The summed E-state index contributed by atoms with van der Waals surface area (Å²) < 4.78 is 0. The first-order valence-corrected chi connectivity index (χ1v) is 7.94. The van der Waals surface area contributed by atoms with Crippen molar-refractivity contribution < 1.29 is 9.90 Å². The molecule has 0 saturated carbocycles. The molecular formula is C18H30O2. The fourth-order valence-electron chi connectivity index (χ4n) is 1.86. The molecule has 0 heterocycles.